The maximum atomic E-state index is 12.0. The summed E-state index contributed by atoms with van der Waals surface area (Å²) in [6, 6.07) is 4.20. The van der Waals surface area contributed by atoms with Crippen molar-refractivity contribution >= 4 is 16.0 Å². The summed E-state index contributed by atoms with van der Waals surface area (Å²) in [5.41, 5.74) is 0. The van der Waals surface area contributed by atoms with Crippen LogP contribution in [-0.4, -0.2) is 50.5 Å². The fourth-order valence-corrected chi connectivity index (χ4v) is 2.79. The first-order chi connectivity index (χ1) is 9.90. The van der Waals surface area contributed by atoms with Gasteiger partial charge in [-0.2, -0.15) is 0 Å². The molecule has 0 spiro atoms. The summed E-state index contributed by atoms with van der Waals surface area (Å²) >= 11 is 0. The lowest BCUT2D eigenvalue weighted by Gasteiger charge is -2.19. The number of aliphatic hydroxyl groups is 1. The number of hydrogen-bond donors (Lipinski definition) is 3. The second kappa shape index (κ2) is 6.29. The van der Waals surface area contributed by atoms with Crippen molar-refractivity contribution in [1.82, 2.24) is 4.72 Å². The zero-order chi connectivity index (χ0) is 15.5. The number of carbonyl (C=O) groups is 1. The number of fused-ring (bicyclic) bond motifs is 1. The van der Waals surface area contributed by atoms with Gasteiger partial charge >= 0.3 is 5.97 Å². The van der Waals surface area contributed by atoms with Crippen molar-refractivity contribution in [1.29, 1.82) is 0 Å². The van der Waals surface area contributed by atoms with Crippen LogP contribution in [-0.2, 0) is 14.8 Å². The Morgan fingerprint density at radius 1 is 1.29 bits per heavy atom. The van der Waals surface area contributed by atoms with Gasteiger partial charge in [-0.1, -0.05) is 0 Å². The van der Waals surface area contributed by atoms with Crippen LogP contribution in [0, 0.1) is 0 Å². The van der Waals surface area contributed by atoms with Gasteiger partial charge in [0.25, 0.3) is 0 Å². The molecule has 116 valence electrons. The summed E-state index contributed by atoms with van der Waals surface area (Å²) < 4.78 is 36.9. The zero-order valence-electron chi connectivity index (χ0n) is 11.0. The standard InChI is InChI=1S/C12H15NO7S/c14-9(12(15)16)3-4-13-21(17,18)8-1-2-10-11(7-8)20-6-5-19-10/h1-2,7,9,13-14H,3-6H2,(H,15,16). The zero-order valence-corrected chi connectivity index (χ0v) is 11.8. The van der Waals surface area contributed by atoms with Crippen LogP contribution in [0.3, 0.4) is 0 Å². The number of carboxylic acid groups (broad SMARTS) is 1. The van der Waals surface area contributed by atoms with Gasteiger partial charge in [0.05, 0.1) is 4.90 Å². The Morgan fingerprint density at radius 2 is 1.95 bits per heavy atom. The maximum absolute atomic E-state index is 12.0. The number of sulfonamides is 1. The normalized spacial score (nSPS) is 15.5. The molecule has 0 saturated carbocycles. The Bertz CT molecular complexity index is 628. The summed E-state index contributed by atoms with van der Waals surface area (Å²) in [6.45, 7) is 0.559. The lowest BCUT2D eigenvalue weighted by Crippen LogP contribution is -2.30. The molecule has 0 amide bonds. The van der Waals surface area contributed by atoms with Crippen LogP contribution < -0.4 is 14.2 Å². The van der Waals surface area contributed by atoms with E-state index in [4.69, 9.17) is 19.7 Å². The average Bonchev–Trinajstić information content (AvgIpc) is 2.46. The molecule has 0 radical (unpaired) electrons. The molecular formula is C12H15NO7S. The third kappa shape index (κ3) is 3.84. The molecule has 1 unspecified atom stereocenters. The summed E-state index contributed by atoms with van der Waals surface area (Å²) in [5.74, 6) is -0.579. The second-order valence-electron chi connectivity index (χ2n) is 4.35. The lowest BCUT2D eigenvalue weighted by atomic mass is 10.3. The van der Waals surface area contributed by atoms with Crippen molar-refractivity contribution in [3.63, 3.8) is 0 Å². The average molecular weight is 317 g/mol. The molecule has 0 aromatic heterocycles. The van der Waals surface area contributed by atoms with Crippen molar-refractivity contribution in [3.8, 4) is 11.5 Å². The number of benzene rings is 1. The van der Waals surface area contributed by atoms with Crippen LogP contribution in [0.4, 0.5) is 0 Å². The van der Waals surface area contributed by atoms with Crippen molar-refractivity contribution in [3.05, 3.63) is 18.2 Å². The molecule has 0 aliphatic carbocycles. The highest BCUT2D eigenvalue weighted by Gasteiger charge is 2.20. The monoisotopic (exact) mass is 317 g/mol. The molecule has 8 nitrogen and oxygen atoms in total. The van der Waals surface area contributed by atoms with Crippen molar-refractivity contribution in [2.75, 3.05) is 19.8 Å². The second-order valence-corrected chi connectivity index (χ2v) is 6.11. The van der Waals surface area contributed by atoms with Gasteiger partial charge < -0.3 is 19.7 Å². The molecule has 21 heavy (non-hydrogen) atoms. The Labute approximate surface area is 121 Å². The number of rotatable bonds is 6. The first-order valence-electron chi connectivity index (χ1n) is 6.20. The summed E-state index contributed by atoms with van der Waals surface area (Å²) in [6.07, 6.45) is -1.83. The number of hydrogen-bond acceptors (Lipinski definition) is 6. The van der Waals surface area contributed by atoms with E-state index in [0.29, 0.717) is 24.7 Å². The van der Waals surface area contributed by atoms with Gasteiger partial charge in [0.2, 0.25) is 10.0 Å². The number of aliphatic hydroxyl groups excluding tert-OH is 1. The van der Waals surface area contributed by atoms with Crippen molar-refractivity contribution in [2.45, 2.75) is 17.4 Å². The minimum Gasteiger partial charge on any atom is -0.486 e. The quantitative estimate of drug-likeness (QED) is 0.651. The third-order valence-electron chi connectivity index (χ3n) is 2.82. The number of nitrogens with one attached hydrogen (secondary N) is 1. The largest absolute Gasteiger partial charge is 0.486 e. The molecule has 3 N–H and O–H groups in total. The van der Waals surface area contributed by atoms with E-state index in [9.17, 15) is 13.2 Å². The van der Waals surface area contributed by atoms with E-state index < -0.39 is 22.1 Å². The van der Waals surface area contributed by atoms with Gasteiger partial charge in [0.15, 0.2) is 17.6 Å². The SMILES string of the molecule is O=C(O)C(O)CCNS(=O)(=O)c1ccc2c(c1)OCCO2. The van der Waals surface area contributed by atoms with E-state index in [1.807, 2.05) is 0 Å². The first kappa shape index (κ1) is 15.5. The van der Waals surface area contributed by atoms with E-state index in [0.717, 1.165) is 0 Å². The molecular weight excluding hydrogens is 302 g/mol. The smallest absolute Gasteiger partial charge is 0.332 e. The molecule has 1 aromatic carbocycles. The highest BCUT2D eigenvalue weighted by Crippen LogP contribution is 2.32. The van der Waals surface area contributed by atoms with E-state index in [1.165, 1.54) is 18.2 Å². The van der Waals surface area contributed by atoms with E-state index in [2.05, 4.69) is 4.72 Å². The van der Waals surface area contributed by atoms with Crippen LogP contribution in [0.15, 0.2) is 23.1 Å². The van der Waals surface area contributed by atoms with Crippen molar-refractivity contribution < 1.29 is 32.9 Å². The van der Waals surface area contributed by atoms with Crippen LogP contribution in [0.5, 0.6) is 11.5 Å². The summed E-state index contributed by atoms with van der Waals surface area (Å²) in [5, 5.41) is 17.6. The van der Waals surface area contributed by atoms with Crippen LogP contribution in [0.1, 0.15) is 6.42 Å². The molecule has 1 aromatic rings. The fourth-order valence-electron chi connectivity index (χ4n) is 1.73. The summed E-state index contributed by atoms with van der Waals surface area (Å²) in [7, 11) is -3.80. The Hall–Kier alpha value is -1.84. The lowest BCUT2D eigenvalue weighted by molar-refractivity contribution is -0.146. The number of ether oxygens (including phenoxy) is 2. The highest BCUT2D eigenvalue weighted by molar-refractivity contribution is 7.89. The minimum absolute atomic E-state index is 0.0171. The Morgan fingerprint density at radius 3 is 2.62 bits per heavy atom. The van der Waals surface area contributed by atoms with Gasteiger partial charge in [-0.3, -0.25) is 0 Å². The van der Waals surface area contributed by atoms with Crippen LogP contribution >= 0.6 is 0 Å². The maximum Gasteiger partial charge on any atom is 0.332 e. The molecule has 1 atom stereocenters. The first-order valence-corrected chi connectivity index (χ1v) is 7.68. The van der Waals surface area contributed by atoms with Gasteiger partial charge in [-0.05, 0) is 18.6 Å². The van der Waals surface area contributed by atoms with E-state index in [1.54, 1.807) is 0 Å². The Balaban J connectivity index is 2.04. The number of aliphatic carboxylic acids is 1. The number of carboxylic acids is 1. The molecule has 1 aliphatic heterocycles. The molecule has 0 fully saturated rings. The summed E-state index contributed by atoms with van der Waals surface area (Å²) in [4.78, 5) is 10.4. The van der Waals surface area contributed by atoms with E-state index >= 15 is 0 Å². The van der Waals surface area contributed by atoms with Crippen LogP contribution in [0.25, 0.3) is 0 Å². The molecule has 0 bridgehead atoms. The fraction of sp³-hybridized carbons (Fsp3) is 0.417. The third-order valence-corrected chi connectivity index (χ3v) is 4.28. The van der Waals surface area contributed by atoms with Gasteiger partial charge in [-0.25, -0.2) is 17.9 Å². The molecule has 0 saturated heterocycles. The van der Waals surface area contributed by atoms with Gasteiger partial charge in [0, 0.05) is 12.6 Å². The Kier molecular flexibility index (Phi) is 4.66. The van der Waals surface area contributed by atoms with E-state index in [-0.39, 0.29) is 17.9 Å². The predicted octanol–water partition coefficient (Wildman–Crippen LogP) is -0.428. The molecule has 2 rings (SSSR count). The molecule has 1 heterocycles. The molecule has 9 heteroatoms. The predicted molar refractivity (Wildman–Crippen MR) is 70.9 cm³/mol. The topological polar surface area (TPSA) is 122 Å². The molecule has 1 aliphatic rings. The van der Waals surface area contributed by atoms with Crippen LogP contribution in [0.2, 0.25) is 0 Å². The van der Waals surface area contributed by atoms with Gasteiger partial charge in [-0.15, -0.1) is 0 Å². The van der Waals surface area contributed by atoms with Crippen molar-refractivity contribution in [2.24, 2.45) is 0 Å². The minimum atomic E-state index is -3.80. The van der Waals surface area contributed by atoms with Gasteiger partial charge in [0.1, 0.15) is 13.2 Å². The highest BCUT2D eigenvalue weighted by atomic mass is 32.2.